The number of methoxy groups -OCH3 is 1. The molecule has 25 heavy (non-hydrogen) atoms. The van der Waals surface area contributed by atoms with Gasteiger partial charge in [0, 0.05) is 26.8 Å². The molecule has 5 nitrogen and oxygen atoms in total. The van der Waals surface area contributed by atoms with E-state index in [-0.39, 0.29) is 5.92 Å². The average Bonchev–Trinajstić information content (AvgIpc) is 3.09. The zero-order valence-corrected chi connectivity index (χ0v) is 16.2. The lowest BCUT2D eigenvalue weighted by Crippen LogP contribution is -2.42. The predicted molar refractivity (Wildman–Crippen MR) is 102 cm³/mol. The molecule has 3 rings (SSSR count). The fraction of sp³-hybridized carbons (Fsp3) is 0.353. The van der Waals surface area contributed by atoms with Gasteiger partial charge in [0.25, 0.3) is 10.0 Å². The van der Waals surface area contributed by atoms with Crippen molar-refractivity contribution in [3.63, 3.8) is 0 Å². The molecule has 8 heteroatoms. The van der Waals surface area contributed by atoms with Crippen LogP contribution in [-0.2, 0) is 14.8 Å². The average molecular weight is 398 g/mol. The monoisotopic (exact) mass is 397 g/mol. The van der Waals surface area contributed by atoms with Crippen molar-refractivity contribution in [2.45, 2.75) is 16.5 Å². The van der Waals surface area contributed by atoms with E-state index in [9.17, 15) is 8.42 Å². The molecule has 0 N–H and O–H groups in total. The minimum absolute atomic E-state index is 0.262. The number of hydrogen-bond acceptors (Lipinski definition) is 6. The number of nitrogens with zero attached hydrogens (tertiary/aromatic N) is 1. The summed E-state index contributed by atoms with van der Waals surface area (Å²) >= 11 is 6.72. The predicted octanol–water partition coefficient (Wildman–Crippen LogP) is 3.28. The number of fused-ring (bicyclic) bond motifs is 1. The van der Waals surface area contributed by atoms with Gasteiger partial charge in [-0.3, -0.25) is 0 Å². The van der Waals surface area contributed by atoms with Gasteiger partial charge in [-0.25, -0.2) is 8.42 Å². The van der Waals surface area contributed by atoms with Crippen LogP contribution in [0.4, 0.5) is 0 Å². The molecule has 1 aliphatic heterocycles. The van der Waals surface area contributed by atoms with Crippen molar-refractivity contribution in [2.75, 3.05) is 26.8 Å². The van der Waals surface area contributed by atoms with Crippen molar-refractivity contribution in [2.24, 2.45) is 0 Å². The van der Waals surface area contributed by atoms with Crippen LogP contribution in [0.1, 0.15) is 17.9 Å². The van der Waals surface area contributed by atoms with Crippen molar-refractivity contribution >= 4 is 38.6 Å². The number of hydrogen-bond donors (Lipinski definition) is 0. The molecule has 0 saturated carbocycles. The quantitative estimate of drug-likeness (QED) is 0.553. The summed E-state index contributed by atoms with van der Waals surface area (Å²) in [5, 5.41) is 2.18. The van der Waals surface area contributed by atoms with Crippen molar-refractivity contribution in [3.8, 4) is 5.75 Å². The highest BCUT2D eigenvalue weighted by Gasteiger charge is 2.40. The number of thiophene rings is 1. The molecule has 0 spiro atoms. The molecule has 2 heterocycles. The maximum Gasteiger partial charge on any atom is 0.252 e. The maximum atomic E-state index is 12.8. The molecule has 1 unspecified atom stereocenters. The second-order valence-corrected chi connectivity index (χ2v) is 9.11. The molecule has 134 valence electrons. The van der Waals surface area contributed by atoms with Gasteiger partial charge in [-0.1, -0.05) is 18.2 Å². The molecule has 1 aromatic heterocycles. The summed E-state index contributed by atoms with van der Waals surface area (Å²) in [6.07, 6.45) is 0.634. The summed E-state index contributed by atoms with van der Waals surface area (Å²) < 4.78 is 38.3. The first-order chi connectivity index (χ1) is 12.0. The second kappa shape index (κ2) is 7.92. The molecule has 0 saturated heterocycles. The molecule has 1 atom stereocenters. The normalized spacial score (nSPS) is 19.3. The minimum atomic E-state index is -3.48. The summed E-state index contributed by atoms with van der Waals surface area (Å²) in [6.45, 7) is 1.21. The van der Waals surface area contributed by atoms with Crippen LogP contribution in [0, 0.1) is 0 Å². The minimum Gasteiger partial charge on any atom is -0.450 e. The summed E-state index contributed by atoms with van der Waals surface area (Å²) in [5.74, 6) is 0.395. The lowest BCUT2D eigenvalue weighted by Gasteiger charge is -2.32. The molecule has 2 aromatic rings. The SMILES string of the molecule is COCCCN1CC(C(=S)Oc2ccccc2)c2ccsc2S1(=O)=O. The third kappa shape index (κ3) is 3.93. The first-order valence-corrected chi connectivity index (χ1v) is 10.6. The van der Waals surface area contributed by atoms with E-state index in [4.69, 9.17) is 21.7 Å². The Morgan fingerprint density at radius 3 is 2.80 bits per heavy atom. The van der Waals surface area contributed by atoms with E-state index in [1.165, 1.54) is 15.6 Å². The highest BCUT2D eigenvalue weighted by atomic mass is 32.2. The van der Waals surface area contributed by atoms with Gasteiger partial charge in [-0.15, -0.1) is 11.3 Å². The van der Waals surface area contributed by atoms with E-state index in [2.05, 4.69) is 0 Å². The summed E-state index contributed by atoms with van der Waals surface area (Å²) in [7, 11) is -1.87. The second-order valence-electron chi connectivity index (χ2n) is 5.66. The first kappa shape index (κ1) is 18.5. The highest BCUT2D eigenvalue weighted by Crippen LogP contribution is 2.38. The van der Waals surface area contributed by atoms with Crippen LogP contribution in [-0.4, -0.2) is 44.6 Å². The van der Waals surface area contributed by atoms with Gasteiger partial charge >= 0.3 is 0 Å². The number of ether oxygens (including phenoxy) is 2. The Hall–Kier alpha value is -1.32. The zero-order chi connectivity index (χ0) is 17.9. The number of rotatable bonds is 6. The summed E-state index contributed by atoms with van der Waals surface area (Å²) in [4.78, 5) is 0. The Balaban J connectivity index is 1.85. The van der Waals surface area contributed by atoms with Crippen LogP contribution >= 0.6 is 23.6 Å². The van der Waals surface area contributed by atoms with E-state index >= 15 is 0 Å². The first-order valence-electron chi connectivity index (χ1n) is 7.87. The van der Waals surface area contributed by atoms with Gasteiger partial charge in [-0.05, 0) is 47.8 Å². The standard InChI is InChI=1S/C17H19NO4S3/c1-21-10-5-9-18-12-15(14-8-11-24-17(14)25(18,19)20)16(23)22-13-6-3-2-4-7-13/h2-4,6-8,11,15H,5,9-10,12H2,1H3. The molecule has 1 aliphatic rings. The van der Waals surface area contributed by atoms with E-state index in [1.54, 1.807) is 12.5 Å². The maximum absolute atomic E-state index is 12.8. The van der Waals surface area contributed by atoms with Crippen LogP contribution < -0.4 is 4.74 Å². The fourth-order valence-electron chi connectivity index (χ4n) is 2.76. The lowest BCUT2D eigenvalue weighted by molar-refractivity contribution is 0.186. The van der Waals surface area contributed by atoms with E-state index < -0.39 is 10.0 Å². The van der Waals surface area contributed by atoms with Gasteiger partial charge in [0.2, 0.25) is 0 Å². The Bertz CT molecular complexity index is 833. The third-order valence-electron chi connectivity index (χ3n) is 4.00. The van der Waals surface area contributed by atoms with E-state index in [1.807, 2.05) is 36.4 Å². The molecular weight excluding hydrogens is 378 g/mol. The topological polar surface area (TPSA) is 55.8 Å². The van der Waals surface area contributed by atoms with Gasteiger partial charge < -0.3 is 9.47 Å². The number of benzene rings is 1. The molecule has 1 aromatic carbocycles. The Labute approximate surface area is 157 Å². The highest BCUT2D eigenvalue weighted by molar-refractivity contribution is 7.91. The van der Waals surface area contributed by atoms with Gasteiger partial charge in [-0.2, -0.15) is 4.31 Å². The van der Waals surface area contributed by atoms with E-state index in [0.29, 0.717) is 41.1 Å². The molecular formula is C17H19NO4S3. The zero-order valence-electron chi connectivity index (χ0n) is 13.8. The Kier molecular flexibility index (Phi) is 5.85. The smallest absolute Gasteiger partial charge is 0.252 e. The molecule has 0 aliphatic carbocycles. The molecule has 0 bridgehead atoms. The van der Waals surface area contributed by atoms with Gasteiger partial charge in [0.15, 0.2) is 5.05 Å². The molecule has 0 fully saturated rings. The van der Waals surface area contributed by atoms with Crippen molar-refractivity contribution in [1.82, 2.24) is 4.31 Å². The third-order valence-corrected chi connectivity index (χ3v) is 7.72. The van der Waals surface area contributed by atoms with Crippen LogP contribution in [0.15, 0.2) is 46.0 Å². The summed E-state index contributed by atoms with van der Waals surface area (Å²) in [6, 6.07) is 11.1. The molecule has 0 amide bonds. The van der Waals surface area contributed by atoms with Crippen molar-refractivity contribution in [3.05, 3.63) is 47.3 Å². The summed E-state index contributed by atoms with van der Waals surface area (Å²) in [5.41, 5.74) is 0.730. The number of para-hydroxylation sites is 1. The lowest BCUT2D eigenvalue weighted by atomic mass is 10.0. The number of thiocarbonyl (C=S) groups is 1. The van der Waals surface area contributed by atoms with Gasteiger partial charge in [0.1, 0.15) is 9.96 Å². The van der Waals surface area contributed by atoms with Crippen LogP contribution in [0.2, 0.25) is 0 Å². The number of sulfonamides is 1. The van der Waals surface area contributed by atoms with Crippen LogP contribution in [0.25, 0.3) is 0 Å². The van der Waals surface area contributed by atoms with Crippen LogP contribution in [0.5, 0.6) is 5.75 Å². The van der Waals surface area contributed by atoms with E-state index in [0.717, 1.165) is 5.56 Å². The Morgan fingerprint density at radius 1 is 1.32 bits per heavy atom. The largest absolute Gasteiger partial charge is 0.450 e. The van der Waals surface area contributed by atoms with Crippen LogP contribution in [0.3, 0.4) is 0 Å². The van der Waals surface area contributed by atoms with Gasteiger partial charge in [0.05, 0.1) is 5.92 Å². The fourth-order valence-corrected chi connectivity index (χ4v) is 6.17. The Morgan fingerprint density at radius 2 is 2.08 bits per heavy atom. The van der Waals surface area contributed by atoms with Crippen molar-refractivity contribution < 1.29 is 17.9 Å². The molecule has 0 radical (unpaired) electrons. The van der Waals surface area contributed by atoms with Crippen molar-refractivity contribution in [1.29, 1.82) is 0 Å².